The summed E-state index contributed by atoms with van der Waals surface area (Å²) in [6.07, 6.45) is 6.44. The van der Waals surface area contributed by atoms with E-state index >= 15 is 0 Å². The number of piperidine rings is 1. The predicted octanol–water partition coefficient (Wildman–Crippen LogP) is 8.19. The highest BCUT2D eigenvalue weighted by Gasteiger charge is 2.47. The van der Waals surface area contributed by atoms with Crippen LogP contribution in [0.2, 0.25) is 0 Å². The third kappa shape index (κ3) is 7.64. The van der Waals surface area contributed by atoms with E-state index in [4.69, 9.17) is 18.9 Å². The predicted molar refractivity (Wildman–Crippen MR) is 181 cm³/mol. The maximum Gasteiger partial charge on any atom is 0.316 e. The molecule has 244 valence electrons. The van der Waals surface area contributed by atoms with Crippen LogP contribution in [-0.4, -0.2) is 43.1 Å². The molecule has 0 bridgehead atoms. The number of aryl methyl sites for hydroxylation is 1. The van der Waals surface area contributed by atoms with Gasteiger partial charge in [-0.05, 0) is 120 Å². The molecule has 0 saturated carbocycles. The van der Waals surface area contributed by atoms with Crippen LogP contribution in [0.5, 0.6) is 17.2 Å². The van der Waals surface area contributed by atoms with Gasteiger partial charge in [-0.3, -0.25) is 14.5 Å². The van der Waals surface area contributed by atoms with Gasteiger partial charge in [-0.2, -0.15) is 0 Å². The van der Waals surface area contributed by atoms with E-state index in [1.54, 1.807) is 12.1 Å². The number of benzene rings is 3. The maximum absolute atomic E-state index is 13.6. The molecule has 2 unspecified atom stereocenters. The zero-order valence-electron chi connectivity index (χ0n) is 28.1. The van der Waals surface area contributed by atoms with E-state index in [1.807, 2.05) is 102 Å². The standard InChI is InChI=1S/C39H47NO6/c1-7-28(3)36(41)46-39(31-15-19-32(20-16-31)43-24-23-40-21-9-8-10-22-40)34(26-30-12-11-27(2)25-35(30)45-39)29-13-17-33(18-14-29)44-37(42)38(4,5)6/h11-20,25-26,28H,7-10,21-24H2,1-6H3. The number of hydrogen-bond donors (Lipinski definition) is 0. The smallest absolute Gasteiger partial charge is 0.316 e. The number of carbonyl (C=O) groups is 2. The molecule has 0 radical (unpaired) electrons. The molecular weight excluding hydrogens is 578 g/mol. The SMILES string of the molecule is CCC(C)C(=O)OC1(c2ccc(OCCN3CCCCC3)cc2)Oc2cc(C)ccc2C=C1c1ccc(OC(=O)C(C)(C)C)cc1. The second-order valence-electron chi connectivity index (χ2n) is 13.5. The van der Waals surface area contributed by atoms with Crippen LogP contribution in [0.1, 0.15) is 82.6 Å². The van der Waals surface area contributed by atoms with Crippen molar-refractivity contribution >= 4 is 23.6 Å². The number of likely N-dealkylation sites (tertiary alicyclic amines) is 1. The van der Waals surface area contributed by atoms with Crippen molar-refractivity contribution in [2.75, 3.05) is 26.2 Å². The van der Waals surface area contributed by atoms with Gasteiger partial charge in [0, 0.05) is 23.2 Å². The molecule has 3 aromatic rings. The molecule has 2 heterocycles. The van der Waals surface area contributed by atoms with Gasteiger partial charge in [0.2, 0.25) is 0 Å². The molecule has 1 saturated heterocycles. The Labute approximate surface area is 273 Å². The first-order valence-electron chi connectivity index (χ1n) is 16.5. The van der Waals surface area contributed by atoms with E-state index in [0.717, 1.165) is 42.1 Å². The molecule has 0 aromatic heterocycles. The van der Waals surface area contributed by atoms with Crippen LogP contribution in [0.3, 0.4) is 0 Å². The number of esters is 2. The van der Waals surface area contributed by atoms with Gasteiger partial charge < -0.3 is 18.9 Å². The molecule has 1 fully saturated rings. The van der Waals surface area contributed by atoms with E-state index < -0.39 is 11.2 Å². The van der Waals surface area contributed by atoms with Crippen molar-refractivity contribution in [1.29, 1.82) is 0 Å². The third-order valence-corrected chi connectivity index (χ3v) is 8.68. The Kier molecular flexibility index (Phi) is 10.2. The fraction of sp³-hybridized carbons (Fsp3) is 0.436. The minimum absolute atomic E-state index is 0.320. The Balaban J connectivity index is 1.52. The molecule has 2 atom stereocenters. The number of carbonyl (C=O) groups excluding carboxylic acids is 2. The number of rotatable bonds is 10. The summed E-state index contributed by atoms with van der Waals surface area (Å²) in [6.45, 7) is 15.0. The molecule has 5 rings (SSSR count). The Morgan fingerprint density at radius 3 is 2.26 bits per heavy atom. The van der Waals surface area contributed by atoms with Gasteiger partial charge in [0.15, 0.2) is 0 Å². The monoisotopic (exact) mass is 625 g/mol. The Hall–Kier alpha value is -4.10. The lowest BCUT2D eigenvalue weighted by Crippen LogP contribution is -2.42. The lowest BCUT2D eigenvalue weighted by Gasteiger charge is -2.40. The van der Waals surface area contributed by atoms with Gasteiger partial charge in [-0.25, -0.2) is 0 Å². The van der Waals surface area contributed by atoms with Crippen molar-refractivity contribution < 1.29 is 28.5 Å². The van der Waals surface area contributed by atoms with Gasteiger partial charge >= 0.3 is 17.7 Å². The summed E-state index contributed by atoms with van der Waals surface area (Å²) in [7, 11) is 0. The van der Waals surface area contributed by atoms with Crippen molar-refractivity contribution in [3.05, 3.63) is 89.0 Å². The van der Waals surface area contributed by atoms with Gasteiger partial charge in [-0.15, -0.1) is 0 Å². The molecule has 0 amide bonds. The molecule has 0 aliphatic carbocycles. The Morgan fingerprint density at radius 1 is 0.935 bits per heavy atom. The summed E-state index contributed by atoms with van der Waals surface area (Å²) < 4.78 is 25.0. The molecule has 7 nitrogen and oxygen atoms in total. The van der Waals surface area contributed by atoms with Crippen molar-refractivity contribution in [2.45, 2.75) is 73.0 Å². The fourth-order valence-corrected chi connectivity index (χ4v) is 5.55. The first-order valence-corrected chi connectivity index (χ1v) is 16.5. The number of nitrogens with zero attached hydrogens (tertiary/aromatic N) is 1. The average molecular weight is 626 g/mol. The number of fused-ring (bicyclic) bond motifs is 1. The van der Waals surface area contributed by atoms with Crippen LogP contribution < -0.4 is 14.2 Å². The molecule has 2 aliphatic rings. The van der Waals surface area contributed by atoms with Crippen LogP contribution in [0, 0.1) is 18.3 Å². The topological polar surface area (TPSA) is 74.3 Å². The number of ether oxygens (including phenoxy) is 4. The van der Waals surface area contributed by atoms with Crippen molar-refractivity contribution in [2.24, 2.45) is 11.3 Å². The normalized spacial score (nSPS) is 18.9. The van der Waals surface area contributed by atoms with Crippen LogP contribution in [0.4, 0.5) is 0 Å². The molecule has 0 N–H and O–H groups in total. The summed E-state index contributed by atoms with van der Waals surface area (Å²) in [6, 6.07) is 20.9. The average Bonchev–Trinajstić information content (AvgIpc) is 3.04. The van der Waals surface area contributed by atoms with E-state index in [9.17, 15) is 9.59 Å². The molecule has 3 aromatic carbocycles. The summed E-state index contributed by atoms with van der Waals surface area (Å²) >= 11 is 0. The lowest BCUT2D eigenvalue weighted by atomic mass is 9.87. The summed E-state index contributed by atoms with van der Waals surface area (Å²) in [5.74, 6) is -0.786. The highest BCUT2D eigenvalue weighted by atomic mass is 16.7. The molecule has 0 spiro atoms. The maximum atomic E-state index is 13.6. The van der Waals surface area contributed by atoms with E-state index in [2.05, 4.69) is 4.90 Å². The first-order chi connectivity index (χ1) is 22.0. The van der Waals surface area contributed by atoms with E-state index in [0.29, 0.717) is 35.7 Å². The minimum Gasteiger partial charge on any atom is -0.492 e. The minimum atomic E-state index is -1.57. The van der Waals surface area contributed by atoms with E-state index in [1.165, 1.54) is 19.3 Å². The highest BCUT2D eigenvalue weighted by Crippen LogP contribution is 2.48. The van der Waals surface area contributed by atoms with Crippen molar-refractivity contribution in [1.82, 2.24) is 4.90 Å². The lowest BCUT2D eigenvalue weighted by molar-refractivity contribution is -0.187. The molecular formula is C39H47NO6. The van der Waals surface area contributed by atoms with E-state index in [-0.39, 0.29) is 17.9 Å². The van der Waals surface area contributed by atoms with Crippen LogP contribution >= 0.6 is 0 Å². The molecule has 46 heavy (non-hydrogen) atoms. The van der Waals surface area contributed by atoms with Crippen LogP contribution in [0.25, 0.3) is 11.6 Å². The third-order valence-electron chi connectivity index (χ3n) is 8.68. The zero-order chi connectivity index (χ0) is 32.9. The summed E-state index contributed by atoms with van der Waals surface area (Å²) in [5.41, 5.74) is 3.35. The zero-order valence-corrected chi connectivity index (χ0v) is 28.1. The first kappa shape index (κ1) is 33.3. The Bertz CT molecular complexity index is 1550. The summed E-state index contributed by atoms with van der Waals surface area (Å²) in [5, 5.41) is 0. The van der Waals surface area contributed by atoms with Gasteiger partial charge in [0.1, 0.15) is 23.9 Å². The quantitative estimate of drug-likeness (QED) is 0.166. The molecule has 7 heteroatoms. The van der Waals surface area contributed by atoms with Gasteiger partial charge in [0.25, 0.3) is 0 Å². The molecule has 2 aliphatic heterocycles. The fourth-order valence-electron chi connectivity index (χ4n) is 5.55. The van der Waals surface area contributed by atoms with Crippen LogP contribution in [0.15, 0.2) is 66.7 Å². The summed E-state index contributed by atoms with van der Waals surface area (Å²) in [4.78, 5) is 28.6. The van der Waals surface area contributed by atoms with Gasteiger partial charge in [-0.1, -0.05) is 44.5 Å². The Morgan fingerprint density at radius 2 is 1.61 bits per heavy atom. The highest BCUT2D eigenvalue weighted by molar-refractivity contribution is 5.91. The van der Waals surface area contributed by atoms with Crippen LogP contribution in [-0.2, 0) is 20.1 Å². The second kappa shape index (κ2) is 14.1. The van der Waals surface area contributed by atoms with Gasteiger partial charge in [0.05, 0.1) is 11.3 Å². The van der Waals surface area contributed by atoms with Crippen molar-refractivity contribution in [3.8, 4) is 17.2 Å². The largest absolute Gasteiger partial charge is 0.492 e. The second-order valence-corrected chi connectivity index (χ2v) is 13.5. The van der Waals surface area contributed by atoms with Crippen molar-refractivity contribution in [3.63, 3.8) is 0 Å². The number of hydrogen-bond acceptors (Lipinski definition) is 7.